The molecule has 0 bridgehead atoms. The fraction of sp³-hybridized carbons (Fsp3) is 0.364. The minimum absolute atomic E-state index is 0.831. The molecule has 80 valence electrons. The Bertz CT molecular complexity index is 392. The fourth-order valence-electron chi connectivity index (χ4n) is 1.55. The van der Waals surface area contributed by atoms with Crippen molar-refractivity contribution in [3.05, 3.63) is 40.6 Å². The molecule has 2 aromatic rings. The first-order valence-corrected chi connectivity index (χ1v) is 5.95. The zero-order valence-electron chi connectivity index (χ0n) is 8.81. The minimum atomic E-state index is 0.831. The Kier molecular flexibility index (Phi) is 3.53. The Balaban J connectivity index is 1.95. The van der Waals surface area contributed by atoms with E-state index in [4.69, 9.17) is 0 Å². The van der Waals surface area contributed by atoms with E-state index in [9.17, 15) is 0 Å². The summed E-state index contributed by atoms with van der Waals surface area (Å²) in [6.45, 7) is 1.84. The molecule has 2 rings (SSSR count). The average molecular weight is 221 g/mol. The second kappa shape index (κ2) is 5.09. The van der Waals surface area contributed by atoms with Crippen molar-refractivity contribution in [3.8, 4) is 0 Å². The van der Waals surface area contributed by atoms with Gasteiger partial charge in [0.1, 0.15) is 5.82 Å². The minimum Gasteiger partial charge on any atom is -0.334 e. The normalized spacial score (nSPS) is 10.7. The van der Waals surface area contributed by atoms with E-state index in [1.165, 1.54) is 4.88 Å². The number of thiophene rings is 1. The second-order valence-electron chi connectivity index (χ2n) is 3.40. The zero-order chi connectivity index (χ0) is 10.5. The number of rotatable bonds is 5. The molecule has 0 saturated heterocycles. The first kappa shape index (κ1) is 10.4. The standard InChI is InChI=1S/C11H15N3S/c1-12-9-11-13-5-7-14(11)6-4-10-3-2-8-15-10/h2-3,5,7-8,12H,4,6,9H2,1H3. The Morgan fingerprint density at radius 2 is 2.47 bits per heavy atom. The van der Waals surface area contributed by atoms with Crippen molar-refractivity contribution in [2.45, 2.75) is 19.5 Å². The van der Waals surface area contributed by atoms with Crippen LogP contribution in [0.3, 0.4) is 0 Å². The topological polar surface area (TPSA) is 29.9 Å². The molecule has 0 amide bonds. The van der Waals surface area contributed by atoms with Crippen LogP contribution in [0, 0.1) is 0 Å². The summed E-state index contributed by atoms with van der Waals surface area (Å²) >= 11 is 1.81. The molecule has 0 spiro atoms. The number of hydrogen-bond donors (Lipinski definition) is 1. The van der Waals surface area contributed by atoms with Gasteiger partial charge in [0.25, 0.3) is 0 Å². The Hall–Kier alpha value is -1.13. The van der Waals surface area contributed by atoms with Crippen molar-refractivity contribution in [2.24, 2.45) is 0 Å². The molecule has 3 nitrogen and oxygen atoms in total. The van der Waals surface area contributed by atoms with Crippen LogP contribution in [-0.4, -0.2) is 16.6 Å². The molecule has 2 heterocycles. The van der Waals surface area contributed by atoms with Gasteiger partial charge in [-0.3, -0.25) is 0 Å². The zero-order valence-corrected chi connectivity index (χ0v) is 9.63. The van der Waals surface area contributed by atoms with E-state index in [1.54, 1.807) is 0 Å². The summed E-state index contributed by atoms with van der Waals surface area (Å²) in [6, 6.07) is 4.28. The van der Waals surface area contributed by atoms with E-state index < -0.39 is 0 Å². The van der Waals surface area contributed by atoms with Crippen LogP contribution in [0.2, 0.25) is 0 Å². The van der Waals surface area contributed by atoms with Crippen LogP contribution in [0.15, 0.2) is 29.9 Å². The predicted molar refractivity (Wildman–Crippen MR) is 63.0 cm³/mol. The lowest BCUT2D eigenvalue weighted by atomic mass is 10.3. The van der Waals surface area contributed by atoms with E-state index in [-0.39, 0.29) is 0 Å². The molecule has 0 aliphatic rings. The fourth-order valence-corrected chi connectivity index (χ4v) is 2.25. The molecular formula is C11H15N3S. The highest BCUT2D eigenvalue weighted by Crippen LogP contribution is 2.10. The van der Waals surface area contributed by atoms with Crippen LogP contribution < -0.4 is 5.32 Å². The number of nitrogens with one attached hydrogen (secondary N) is 1. The van der Waals surface area contributed by atoms with Crippen LogP contribution in [-0.2, 0) is 19.5 Å². The molecule has 0 saturated carbocycles. The highest BCUT2D eigenvalue weighted by molar-refractivity contribution is 7.09. The quantitative estimate of drug-likeness (QED) is 0.836. The van der Waals surface area contributed by atoms with Crippen molar-refractivity contribution in [3.63, 3.8) is 0 Å². The molecule has 15 heavy (non-hydrogen) atoms. The maximum Gasteiger partial charge on any atom is 0.122 e. The van der Waals surface area contributed by atoms with Crippen LogP contribution in [0.5, 0.6) is 0 Å². The second-order valence-corrected chi connectivity index (χ2v) is 4.43. The summed E-state index contributed by atoms with van der Waals surface area (Å²) in [5, 5.41) is 5.25. The average Bonchev–Trinajstić information content (AvgIpc) is 2.85. The van der Waals surface area contributed by atoms with Crippen molar-refractivity contribution in [1.29, 1.82) is 0 Å². The largest absolute Gasteiger partial charge is 0.334 e. The van der Waals surface area contributed by atoms with E-state index in [1.807, 2.05) is 30.8 Å². The van der Waals surface area contributed by atoms with Crippen molar-refractivity contribution < 1.29 is 0 Å². The molecule has 0 aliphatic carbocycles. The summed E-state index contributed by atoms with van der Waals surface area (Å²) in [5.74, 6) is 1.11. The molecule has 4 heteroatoms. The number of imidazole rings is 1. The maximum absolute atomic E-state index is 4.31. The van der Waals surface area contributed by atoms with Gasteiger partial charge in [-0.15, -0.1) is 11.3 Å². The number of hydrogen-bond acceptors (Lipinski definition) is 3. The summed E-state index contributed by atoms with van der Waals surface area (Å²) in [7, 11) is 1.94. The van der Waals surface area contributed by atoms with Crippen LogP contribution in [0.1, 0.15) is 10.7 Å². The first-order chi connectivity index (χ1) is 7.40. The lowest BCUT2D eigenvalue weighted by Gasteiger charge is -2.06. The lowest BCUT2D eigenvalue weighted by Crippen LogP contribution is -2.12. The number of nitrogens with zero attached hydrogens (tertiary/aromatic N) is 2. The molecule has 1 N–H and O–H groups in total. The van der Waals surface area contributed by atoms with E-state index in [0.717, 1.165) is 25.3 Å². The van der Waals surface area contributed by atoms with E-state index in [0.29, 0.717) is 0 Å². The van der Waals surface area contributed by atoms with Gasteiger partial charge >= 0.3 is 0 Å². The Labute approximate surface area is 93.8 Å². The lowest BCUT2D eigenvalue weighted by molar-refractivity contribution is 0.628. The molecule has 2 aromatic heterocycles. The van der Waals surface area contributed by atoms with Crippen molar-refractivity contribution >= 4 is 11.3 Å². The van der Waals surface area contributed by atoms with Gasteiger partial charge in [-0.25, -0.2) is 4.98 Å². The molecule has 0 aliphatic heterocycles. The highest BCUT2D eigenvalue weighted by Gasteiger charge is 2.01. The SMILES string of the molecule is CNCc1nccn1CCc1cccs1. The third-order valence-corrected chi connectivity index (χ3v) is 3.25. The predicted octanol–water partition coefficient (Wildman–Crippen LogP) is 1.91. The summed E-state index contributed by atoms with van der Waals surface area (Å²) < 4.78 is 2.20. The van der Waals surface area contributed by atoms with Gasteiger partial charge in [0.15, 0.2) is 0 Å². The number of aromatic nitrogens is 2. The van der Waals surface area contributed by atoms with Gasteiger partial charge in [-0.1, -0.05) is 6.07 Å². The van der Waals surface area contributed by atoms with Crippen molar-refractivity contribution in [1.82, 2.24) is 14.9 Å². The number of aryl methyl sites for hydroxylation is 2. The van der Waals surface area contributed by atoms with Gasteiger partial charge in [0.05, 0.1) is 6.54 Å². The molecule has 0 atom stereocenters. The molecule has 0 radical (unpaired) electrons. The summed E-state index contributed by atoms with van der Waals surface area (Å²) in [4.78, 5) is 5.74. The van der Waals surface area contributed by atoms with Crippen LogP contribution >= 0.6 is 11.3 Å². The van der Waals surface area contributed by atoms with Crippen LogP contribution in [0.25, 0.3) is 0 Å². The van der Waals surface area contributed by atoms with Gasteiger partial charge in [0.2, 0.25) is 0 Å². The monoisotopic (exact) mass is 221 g/mol. The molecule has 0 unspecified atom stereocenters. The van der Waals surface area contributed by atoms with Crippen LogP contribution in [0.4, 0.5) is 0 Å². The highest BCUT2D eigenvalue weighted by atomic mass is 32.1. The summed E-state index contributed by atoms with van der Waals surface area (Å²) in [5.41, 5.74) is 0. The Morgan fingerprint density at radius 3 is 3.20 bits per heavy atom. The molecule has 0 aromatic carbocycles. The Morgan fingerprint density at radius 1 is 1.53 bits per heavy atom. The van der Waals surface area contributed by atoms with Gasteiger partial charge in [0, 0.05) is 23.8 Å². The summed E-state index contributed by atoms with van der Waals surface area (Å²) in [6.07, 6.45) is 4.99. The first-order valence-electron chi connectivity index (χ1n) is 5.07. The van der Waals surface area contributed by atoms with E-state index >= 15 is 0 Å². The molecule has 0 fully saturated rings. The smallest absolute Gasteiger partial charge is 0.122 e. The maximum atomic E-state index is 4.31. The van der Waals surface area contributed by atoms with E-state index in [2.05, 4.69) is 32.4 Å². The van der Waals surface area contributed by atoms with Crippen molar-refractivity contribution in [2.75, 3.05) is 7.05 Å². The third kappa shape index (κ3) is 2.67. The van der Waals surface area contributed by atoms with Gasteiger partial charge in [-0.2, -0.15) is 0 Å². The third-order valence-electron chi connectivity index (χ3n) is 2.32. The van der Waals surface area contributed by atoms with Gasteiger partial charge in [-0.05, 0) is 24.9 Å². The molecular weight excluding hydrogens is 206 g/mol. The van der Waals surface area contributed by atoms with Gasteiger partial charge < -0.3 is 9.88 Å².